The second kappa shape index (κ2) is 10.4. The van der Waals surface area contributed by atoms with Gasteiger partial charge in [0.2, 0.25) is 0 Å². The molecule has 1 spiro atoms. The summed E-state index contributed by atoms with van der Waals surface area (Å²) in [6.07, 6.45) is -5.50. The Bertz CT molecular complexity index is 1350. The number of piperidine rings is 1. The molecule has 7 rings (SSSR count). The van der Waals surface area contributed by atoms with Gasteiger partial charge < -0.3 is 48.6 Å². The van der Waals surface area contributed by atoms with Crippen molar-refractivity contribution in [2.45, 2.75) is 73.6 Å². The molecule has 0 radical (unpaired) electrons. The molecule has 1 heterocycles. The van der Waals surface area contributed by atoms with Crippen molar-refractivity contribution in [3.05, 3.63) is 35.9 Å². The molecule has 12 nitrogen and oxygen atoms in total. The maximum absolute atomic E-state index is 13.7. The summed E-state index contributed by atoms with van der Waals surface area (Å²) in [7, 11) is 8.20. The van der Waals surface area contributed by atoms with Gasteiger partial charge in [-0.2, -0.15) is 0 Å². The number of aliphatic hydroxyl groups is 3. The first kappa shape index (κ1) is 31.4. The largest absolute Gasteiger partial charge is 0.455 e. The molecule has 1 saturated heterocycles. The van der Waals surface area contributed by atoms with E-state index in [-0.39, 0.29) is 25.0 Å². The average Bonchev–Trinajstić information content (AvgIpc) is 3.40. The van der Waals surface area contributed by atoms with Crippen LogP contribution in [-0.4, -0.2) is 135 Å². The molecule has 1 aromatic carbocycles. The highest BCUT2D eigenvalue weighted by Gasteiger charge is 2.92. The van der Waals surface area contributed by atoms with E-state index in [2.05, 4.69) is 4.90 Å². The second-order valence-electron chi connectivity index (χ2n) is 14.3. The Labute approximate surface area is 262 Å². The van der Waals surface area contributed by atoms with Crippen LogP contribution >= 0.6 is 0 Å². The van der Waals surface area contributed by atoms with E-state index in [4.69, 9.17) is 28.4 Å². The summed E-state index contributed by atoms with van der Waals surface area (Å²) in [4.78, 5) is 29.1. The Morgan fingerprint density at radius 3 is 2.31 bits per heavy atom. The smallest absolute Gasteiger partial charge is 0.338 e. The van der Waals surface area contributed by atoms with Crippen LogP contribution in [0.4, 0.5) is 0 Å². The SMILES string of the molecule is COC[C@]12CN(C)[C@@H]3[C@@H]4[C@H](OC)[C@H]1[C@@]3([C@@H](OC)C[C@H]2O)[C@@H]1C[C@@]2(O)[C@@H](OC(=O)c3ccccc3)[C@@H]1[C@]4(OC(C)=O)[C@H](O)[C@@H]2OC. The minimum atomic E-state index is -1.83. The Morgan fingerprint density at radius 1 is 1.00 bits per heavy atom. The maximum Gasteiger partial charge on any atom is 0.338 e. The molecule has 15 atom stereocenters. The second-order valence-corrected chi connectivity index (χ2v) is 14.3. The molecule has 0 amide bonds. The summed E-state index contributed by atoms with van der Waals surface area (Å²) in [5.41, 5.74) is -4.79. The molecule has 7 bridgehead atoms. The van der Waals surface area contributed by atoms with E-state index in [1.165, 1.54) is 14.0 Å². The number of ether oxygens (including phenoxy) is 6. The Hall–Kier alpha value is -2.16. The predicted octanol–water partition coefficient (Wildman–Crippen LogP) is 0.258. The first-order chi connectivity index (χ1) is 21.4. The van der Waals surface area contributed by atoms with Crippen LogP contribution in [0.25, 0.3) is 0 Å². The van der Waals surface area contributed by atoms with Gasteiger partial charge >= 0.3 is 11.9 Å². The number of rotatable bonds is 8. The van der Waals surface area contributed by atoms with Crippen LogP contribution in [0.3, 0.4) is 0 Å². The highest BCUT2D eigenvalue weighted by molar-refractivity contribution is 5.89. The van der Waals surface area contributed by atoms with Crippen molar-refractivity contribution in [2.75, 3.05) is 48.6 Å². The maximum atomic E-state index is 13.7. The third-order valence-corrected chi connectivity index (χ3v) is 12.9. The molecule has 0 unspecified atom stereocenters. The highest BCUT2D eigenvalue weighted by Crippen LogP contribution is 2.80. The molecular formula is C33H45NO11. The number of aliphatic hydroxyl groups excluding tert-OH is 2. The molecule has 248 valence electrons. The van der Waals surface area contributed by atoms with E-state index in [0.29, 0.717) is 18.5 Å². The first-order valence-corrected chi connectivity index (χ1v) is 15.8. The van der Waals surface area contributed by atoms with Crippen molar-refractivity contribution < 1.29 is 53.3 Å². The zero-order valence-corrected chi connectivity index (χ0v) is 26.6. The normalized spacial score (nSPS) is 50.7. The van der Waals surface area contributed by atoms with E-state index < -0.39 is 88.3 Å². The van der Waals surface area contributed by atoms with Crippen molar-refractivity contribution in [3.63, 3.8) is 0 Å². The van der Waals surface area contributed by atoms with Gasteiger partial charge in [0.05, 0.1) is 30.5 Å². The van der Waals surface area contributed by atoms with Gasteiger partial charge in [-0.3, -0.25) is 4.79 Å². The lowest BCUT2D eigenvalue weighted by molar-refractivity contribution is -0.321. The quantitative estimate of drug-likeness (QED) is 0.337. The molecular weight excluding hydrogens is 586 g/mol. The summed E-state index contributed by atoms with van der Waals surface area (Å²) < 4.78 is 37.2. The minimum absolute atomic E-state index is 0.0754. The number of hydrogen-bond acceptors (Lipinski definition) is 12. The molecule has 6 aliphatic rings. The van der Waals surface area contributed by atoms with E-state index in [9.17, 15) is 24.9 Å². The van der Waals surface area contributed by atoms with Gasteiger partial charge in [0, 0.05) is 83.0 Å². The molecule has 1 aromatic rings. The van der Waals surface area contributed by atoms with Crippen LogP contribution in [0.2, 0.25) is 0 Å². The van der Waals surface area contributed by atoms with Gasteiger partial charge in [-0.25, -0.2) is 4.79 Å². The fourth-order valence-corrected chi connectivity index (χ4v) is 12.2. The fourth-order valence-electron chi connectivity index (χ4n) is 12.2. The van der Waals surface area contributed by atoms with Crippen molar-refractivity contribution >= 4 is 11.9 Å². The topological polar surface area (TPSA) is 153 Å². The van der Waals surface area contributed by atoms with Crippen LogP contribution in [-0.2, 0) is 33.2 Å². The predicted molar refractivity (Wildman–Crippen MR) is 156 cm³/mol. The molecule has 1 aliphatic heterocycles. The number of nitrogens with zero attached hydrogens (tertiary/aromatic N) is 1. The van der Waals surface area contributed by atoms with E-state index in [0.717, 1.165) is 0 Å². The van der Waals surface area contributed by atoms with Crippen molar-refractivity contribution in [1.29, 1.82) is 0 Å². The minimum Gasteiger partial charge on any atom is -0.455 e. The standard InChI is InChI=1S/C33H45NO11/c1-16(35)45-33-21-18(13-31(39,28(43-6)26(33)37)27(21)44-29(38)17-10-8-7-9-11-17)32-20(41-4)12-19(36)30(15-40-3)14-34(2)25(32)22(33)23(42-5)24(30)32/h7-11,18-28,36-37,39H,12-15H2,1-6H3/t18-,19-,20+,21-,22+,23+,24-,25-,26-,27+,28+,30+,31-,32+,33-/m1/s1. The van der Waals surface area contributed by atoms with Gasteiger partial charge in [0.25, 0.3) is 0 Å². The van der Waals surface area contributed by atoms with Crippen LogP contribution < -0.4 is 0 Å². The zero-order valence-electron chi connectivity index (χ0n) is 26.6. The van der Waals surface area contributed by atoms with Gasteiger partial charge in [0.1, 0.15) is 23.9 Å². The number of fused-ring (bicyclic) bond motifs is 2. The summed E-state index contributed by atoms with van der Waals surface area (Å²) in [5, 5.41) is 37.0. The average molecular weight is 632 g/mol. The summed E-state index contributed by atoms with van der Waals surface area (Å²) in [5.74, 6) is -3.66. The van der Waals surface area contributed by atoms with Gasteiger partial charge in [-0.1, -0.05) is 18.2 Å². The molecule has 12 heteroatoms. The summed E-state index contributed by atoms with van der Waals surface area (Å²) in [6.45, 7) is 2.00. The highest BCUT2D eigenvalue weighted by atomic mass is 16.6. The Balaban J connectivity index is 1.52. The third-order valence-electron chi connectivity index (χ3n) is 12.9. The summed E-state index contributed by atoms with van der Waals surface area (Å²) in [6, 6.07) is 8.15. The Morgan fingerprint density at radius 2 is 1.71 bits per heavy atom. The molecule has 0 aromatic heterocycles. The van der Waals surface area contributed by atoms with E-state index in [1.54, 1.807) is 51.7 Å². The molecule has 5 saturated carbocycles. The Kier molecular flexibility index (Phi) is 7.28. The number of carbonyl (C=O) groups excluding carboxylic acids is 2. The third kappa shape index (κ3) is 3.55. The number of esters is 2. The van der Waals surface area contributed by atoms with Crippen LogP contribution in [0.5, 0.6) is 0 Å². The number of carbonyl (C=O) groups is 2. The monoisotopic (exact) mass is 631 g/mol. The molecule has 3 N–H and O–H groups in total. The van der Waals surface area contributed by atoms with E-state index in [1.807, 2.05) is 7.05 Å². The number of hydrogen-bond donors (Lipinski definition) is 3. The lowest BCUT2D eigenvalue weighted by atomic mass is 9.42. The van der Waals surface area contributed by atoms with Gasteiger partial charge in [-0.15, -0.1) is 0 Å². The van der Waals surface area contributed by atoms with Crippen molar-refractivity contribution in [2.24, 2.45) is 34.5 Å². The molecule has 6 fully saturated rings. The number of likely N-dealkylation sites (tertiary alicyclic amines) is 1. The zero-order chi connectivity index (χ0) is 32.3. The number of benzene rings is 1. The first-order valence-electron chi connectivity index (χ1n) is 15.8. The van der Waals surface area contributed by atoms with Crippen molar-refractivity contribution in [3.8, 4) is 0 Å². The van der Waals surface area contributed by atoms with Gasteiger partial charge in [0.15, 0.2) is 5.60 Å². The lowest BCUT2D eigenvalue weighted by Gasteiger charge is -2.70. The van der Waals surface area contributed by atoms with Crippen LogP contribution in [0.15, 0.2) is 30.3 Å². The molecule has 45 heavy (non-hydrogen) atoms. The number of methoxy groups -OCH3 is 4. The summed E-state index contributed by atoms with van der Waals surface area (Å²) >= 11 is 0. The van der Waals surface area contributed by atoms with Crippen LogP contribution in [0, 0.1) is 34.5 Å². The van der Waals surface area contributed by atoms with Gasteiger partial charge in [-0.05, 0) is 31.5 Å². The van der Waals surface area contributed by atoms with Crippen molar-refractivity contribution in [1.82, 2.24) is 4.90 Å². The fraction of sp³-hybridized carbons (Fsp3) is 0.758. The molecule has 5 aliphatic carbocycles. The lowest BCUT2D eigenvalue weighted by Crippen LogP contribution is -2.81. The van der Waals surface area contributed by atoms with Crippen LogP contribution in [0.1, 0.15) is 30.1 Å². The van der Waals surface area contributed by atoms with E-state index >= 15 is 0 Å².